The van der Waals surface area contributed by atoms with E-state index in [0.717, 1.165) is 6.42 Å². The van der Waals surface area contributed by atoms with Gasteiger partial charge in [-0.15, -0.1) is 0 Å². The van der Waals surface area contributed by atoms with Crippen molar-refractivity contribution in [2.75, 3.05) is 6.61 Å². The fourth-order valence-corrected chi connectivity index (χ4v) is 0. The summed E-state index contributed by atoms with van der Waals surface area (Å²) < 4.78 is 0. The van der Waals surface area contributed by atoms with Crippen molar-refractivity contribution in [1.29, 1.82) is 0 Å². The monoisotopic (exact) mass is 120 g/mol. The zero-order chi connectivity index (χ0) is 6.12. The first kappa shape index (κ1) is 10.2. The molecule has 1 N–H and O–H groups in total. The second-order valence-electron chi connectivity index (χ2n) is 1.43. The van der Waals surface area contributed by atoms with Crippen LogP contribution in [-0.4, -0.2) is 21.2 Å². The summed E-state index contributed by atoms with van der Waals surface area (Å²) in [6.45, 7) is 6.78. The summed E-state index contributed by atoms with van der Waals surface area (Å²) in [5.41, 5.74) is 0. The Morgan fingerprint density at radius 3 is 1.57 bits per heavy atom. The number of hydrogen-bond donors (Lipinski definition) is 1. The van der Waals surface area contributed by atoms with E-state index in [-0.39, 0.29) is 0 Å². The molecule has 0 aliphatic carbocycles. The van der Waals surface area contributed by atoms with Crippen molar-refractivity contribution in [1.82, 2.24) is 0 Å². The molecule has 0 amide bonds. The highest BCUT2D eigenvalue weighted by atomic mass is 28.2. The van der Waals surface area contributed by atoms with E-state index in [2.05, 4.69) is 13.1 Å². The van der Waals surface area contributed by atoms with Crippen LogP contribution >= 0.6 is 0 Å². The normalized spacial score (nSPS) is 6.86. The molecule has 0 saturated heterocycles. The molecule has 0 atom stereocenters. The molecule has 0 aliphatic heterocycles. The van der Waals surface area contributed by atoms with Gasteiger partial charge in [0.1, 0.15) is 0 Å². The third kappa shape index (κ3) is 77.8. The lowest BCUT2D eigenvalue weighted by Gasteiger charge is -1.69. The van der Waals surface area contributed by atoms with Crippen molar-refractivity contribution in [3.8, 4) is 0 Å². The molecule has 7 heavy (non-hydrogen) atoms. The van der Waals surface area contributed by atoms with Gasteiger partial charge in [-0.2, -0.15) is 0 Å². The predicted molar refractivity (Wildman–Crippen MR) is 37.6 cm³/mol. The third-order valence-corrected chi connectivity index (χ3v) is 0.224. The Bertz CT molecular complexity index is 15.6. The molecule has 1 nitrogen and oxygen atoms in total. The molecule has 2 heteroatoms. The molecule has 0 aromatic heterocycles. The molecule has 0 heterocycles. The van der Waals surface area contributed by atoms with E-state index in [9.17, 15) is 0 Å². The standard InChI is InChI=1S/C3H8O.C2H8Si/c1-2-3-4;1-3-2/h4H,2-3H2,1H3;3H2,1-2H3. The summed E-state index contributed by atoms with van der Waals surface area (Å²) >= 11 is 0. The molecule has 0 aromatic rings. The minimum Gasteiger partial charge on any atom is -0.396 e. The van der Waals surface area contributed by atoms with Crippen molar-refractivity contribution in [3.63, 3.8) is 0 Å². The molecule has 0 radical (unpaired) electrons. The number of rotatable bonds is 1. The molecular weight excluding hydrogens is 104 g/mol. The molecule has 46 valence electrons. The fraction of sp³-hybridized carbons (Fsp3) is 1.00. The van der Waals surface area contributed by atoms with Gasteiger partial charge in [-0.3, -0.25) is 0 Å². The van der Waals surface area contributed by atoms with Crippen molar-refractivity contribution >= 4 is 9.52 Å². The van der Waals surface area contributed by atoms with Crippen LogP contribution in [0.2, 0.25) is 13.1 Å². The van der Waals surface area contributed by atoms with Crippen molar-refractivity contribution in [3.05, 3.63) is 0 Å². The lowest BCUT2D eigenvalue weighted by Crippen LogP contribution is -1.69. The van der Waals surface area contributed by atoms with E-state index in [0.29, 0.717) is 16.1 Å². The van der Waals surface area contributed by atoms with Crippen LogP contribution in [-0.2, 0) is 0 Å². The molecule has 0 bridgehead atoms. The quantitative estimate of drug-likeness (QED) is 0.503. The minimum atomic E-state index is 0.319. The Balaban J connectivity index is 0. The first-order valence-corrected chi connectivity index (χ1v) is 5.77. The smallest absolute Gasteiger partial charge is 0.0428 e. The highest BCUT2D eigenvalue weighted by molar-refractivity contribution is 6.31. The second-order valence-corrected chi connectivity index (χ2v) is 2.84. The van der Waals surface area contributed by atoms with Gasteiger partial charge in [0.15, 0.2) is 0 Å². The third-order valence-electron chi connectivity index (χ3n) is 0.224. The maximum atomic E-state index is 7.88. The molecule has 0 rings (SSSR count). The first-order valence-electron chi connectivity index (χ1n) is 2.94. The van der Waals surface area contributed by atoms with Crippen LogP contribution in [0.1, 0.15) is 13.3 Å². The number of hydrogen-bond acceptors (Lipinski definition) is 1. The van der Waals surface area contributed by atoms with E-state index in [1.807, 2.05) is 6.92 Å². The average molecular weight is 120 g/mol. The van der Waals surface area contributed by atoms with E-state index in [1.165, 1.54) is 0 Å². The Kier molecular flexibility index (Phi) is 23.9. The van der Waals surface area contributed by atoms with Gasteiger partial charge in [-0.05, 0) is 6.42 Å². The zero-order valence-corrected chi connectivity index (χ0v) is 6.98. The lowest BCUT2D eigenvalue weighted by atomic mass is 10.5. The summed E-state index contributed by atoms with van der Waals surface area (Å²) in [6, 6.07) is 0. The highest BCUT2D eigenvalue weighted by Gasteiger charge is 1.57. The van der Waals surface area contributed by atoms with Crippen molar-refractivity contribution < 1.29 is 5.11 Å². The van der Waals surface area contributed by atoms with Gasteiger partial charge in [-0.1, -0.05) is 20.0 Å². The maximum absolute atomic E-state index is 7.88. The molecule has 0 fully saturated rings. The summed E-state index contributed by atoms with van der Waals surface area (Å²) in [7, 11) is 0.417. The lowest BCUT2D eigenvalue weighted by molar-refractivity contribution is 0.295. The largest absolute Gasteiger partial charge is 0.396 e. The van der Waals surface area contributed by atoms with E-state index >= 15 is 0 Å². The molecule has 0 unspecified atom stereocenters. The predicted octanol–water partition coefficient (Wildman–Crippen LogP) is 0.640. The number of aliphatic hydroxyl groups excluding tert-OH is 1. The SMILES string of the molecule is CCCO.C[SiH2]C. The van der Waals surface area contributed by atoms with Crippen LogP contribution in [0.25, 0.3) is 0 Å². The summed E-state index contributed by atoms with van der Waals surface area (Å²) in [5, 5.41) is 7.88. The second kappa shape index (κ2) is 16.4. The molecule has 0 spiro atoms. The first-order chi connectivity index (χ1) is 3.33. The van der Waals surface area contributed by atoms with Crippen LogP contribution in [0.4, 0.5) is 0 Å². The Labute approximate surface area is 48.6 Å². The Morgan fingerprint density at radius 1 is 1.43 bits per heavy atom. The van der Waals surface area contributed by atoms with E-state index < -0.39 is 0 Å². The number of aliphatic hydroxyl groups is 1. The van der Waals surface area contributed by atoms with Gasteiger partial charge in [0.25, 0.3) is 0 Å². The van der Waals surface area contributed by atoms with Crippen LogP contribution in [0.15, 0.2) is 0 Å². The van der Waals surface area contributed by atoms with Gasteiger partial charge < -0.3 is 5.11 Å². The molecule has 0 aliphatic rings. The van der Waals surface area contributed by atoms with Crippen LogP contribution < -0.4 is 0 Å². The minimum absolute atomic E-state index is 0.319. The average Bonchev–Trinajstić information content (AvgIpc) is 1.69. The van der Waals surface area contributed by atoms with E-state index in [4.69, 9.17) is 5.11 Å². The topological polar surface area (TPSA) is 20.2 Å². The fourth-order valence-electron chi connectivity index (χ4n) is 0. The van der Waals surface area contributed by atoms with Crippen LogP contribution in [0.5, 0.6) is 0 Å². The Hall–Kier alpha value is 0.177. The van der Waals surface area contributed by atoms with Gasteiger partial charge in [0.05, 0.1) is 0 Å². The van der Waals surface area contributed by atoms with Crippen molar-refractivity contribution in [2.45, 2.75) is 26.4 Å². The van der Waals surface area contributed by atoms with Gasteiger partial charge >= 0.3 is 0 Å². The van der Waals surface area contributed by atoms with Crippen LogP contribution in [0.3, 0.4) is 0 Å². The molecule has 0 saturated carbocycles. The van der Waals surface area contributed by atoms with Crippen molar-refractivity contribution in [2.24, 2.45) is 0 Å². The van der Waals surface area contributed by atoms with Gasteiger partial charge in [-0.25, -0.2) is 0 Å². The van der Waals surface area contributed by atoms with E-state index in [1.54, 1.807) is 0 Å². The Morgan fingerprint density at radius 2 is 1.57 bits per heavy atom. The highest BCUT2D eigenvalue weighted by Crippen LogP contribution is 1.61. The maximum Gasteiger partial charge on any atom is 0.0428 e. The summed E-state index contributed by atoms with van der Waals surface area (Å²) in [5.74, 6) is 0. The summed E-state index contributed by atoms with van der Waals surface area (Å²) in [6.07, 6.45) is 0.875. The van der Waals surface area contributed by atoms with Crippen LogP contribution in [0, 0.1) is 0 Å². The molecule has 0 aromatic carbocycles. The molecular formula is C5H16OSi. The van der Waals surface area contributed by atoms with Gasteiger partial charge in [0, 0.05) is 16.1 Å². The van der Waals surface area contributed by atoms with Gasteiger partial charge in [0.2, 0.25) is 0 Å². The summed E-state index contributed by atoms with van der Waals surface area (Å²) in [4.78, 5) is 0. The zero-order valence-electron chi connectivity index (χ0n) is 5.57.